The number of rotatable bonds is 8. The molecule has 22 heavy (non-hydrogen) atoms. The summed E-state index contributed by atoms with van der Waals surface area (Å²) in [7, 11) is 0. The van der Waals surface area contributed by atoms with Crippen LogP contribution >= 0.6 is 11.3 Å². The molecule has 0 radical (unpaired) electrons. The number of amides is 1. The average molecular weight is 323 g/mol. The molecule has 0 aliphatic heterocycles. The molecule has 0 bridgehead atoms. The third-order valence-electron chi connectivity index (χ3n) is 2.90. The third-order valence-corrected chi connectivity index (χ3v) is 3.77. The first-order valence-corrected chi connectivity index (χ1v) is 7.88. The van der Waals surface area contributed by atoms with E-state index in [9.17, 15) is 9.18 Å². The molecule has 0 spiro atoms. The molecule has 1 aromatic heterocycles. The van der Waals surface area contributed by atoms with E-state index in [1.54, 1.807) is 17.5 Å². The fourth-order valence-electron chi connectivity index (χ4n) is 1.75. The largest absolute Gasteiger partial charge is 0.494 e. The summed E-state index contributed by atoms with van der Waals surface area (Å²) < 4.78 is 18.2. The van der Waals surface area contributed by atoms with Crippen LogP contribution in [0.5, 0.6) is 5.75 Å². The maximum absolute atomic E-state index is 12.7. The molecule has 0 aliphatic carbocycles. The van der Waals surface area contributed by atoms with Gasteiger partial charge in [-0.1, -0.05) is 0 Å². The monoisotopic (exact) mass is 323 g/mol. The van der Waals surface area contributed by atoms with Crippen molar-refractivity contribution in [3.8, 4) is 5.75 Å². The molecule has 7 heteroatoms. The fourth-order valence-corrected chi connectivity index (χ4v) is 2.40. The van der Waals surface area contributed by atoms with Crippen molar-refractivity contribution < 1.29 is 13.9 Å². The molecule has 0 fully saturated rings. The van der Waals surface area contributed by atoms with E-state index in [0.717, 1.165) is 17.8 Å². The lowest BCUT2D eigenvalue weighted by Crippen LogP contribution is -2.25. The van der Waals surface area contributed by atoms with Gasteiger partial charge in [0.1, 0.15) is 22.3 Å². The Morgan fingerprint density at radius 3 is 2.77 bits per heavy atom. The second-order valence-corrected chi connectivity index (χ2v) is 5.54. The van der Waals surface area contributed by atoms with E-state index in [4.69, 9.17) is 10.5 Å². The van der Waals surface area contributed by atoms with Gasteiger partial charge in [-0.3, -0.25) is 4.79 Å². The van der Waals surface area contributed by atoms with Crippen LogP contribution in [0.15, 0.2) is 29.6 Å². The van der Waals surface area contributed by atoms with Crippen molar-refractivity contribution in [2.45, 2.75) is 19.4 Å². The van der Waals surface area contributed by atoms with Gasteiger partial charge in [0.05, 0.1) is 6.61 Å². The van der Waals surface area contributed by atoms with Gasteiger partial charge < -0.3 is 15.8 Å². The zero-order chi connectivity index (χ0) is 15.8. The molecule has 1 aromatic carbocycles. The van der Waals surface area contributed by atoms with Crippen LogP contribution < -0.4 is 15.8 Å². The Bertz CT molecular complexity index is 601. The number of hydrogen-bond donors (Lipinski definition) is 2. The van der Waals surface area contributed by atoms with Gasteiger partial charge in [0.2, 0.25) is 0 Å². The molecule has 1 amide bonds. The zero-order valence-electron chi connectivity index (χ0n) is 12.0. The lowest BCUT2D eigenvalue weighted by atomic mass is 10.3. The van der Waals surface area contributed by atoms with Crippen molar-refractivity contribution in [1.82, 2.24) is 10.3 Å². The van der Waals surface area contributed by atoms with Gasteiger partial charge in [-0.05, 0) is 37.1 Å². The highest BCUT2D eigenvalue weighted by molar-refractivity contribution is 7.09. The number of unbranched alkanes of at least 4 members (excludes halogenated alkanes) is 1. The van der Waals surface area contributed by atoms with Crippen LogP contribution in [0.1, 0.15) is 28.3 Å². The van der Waals surface area contributed by atoms with Crippen LogP contribution in [0.3, 0.4) is 0 Å². The number of carbonyl (C=O) groups is 1. The number of nitrogens with zero attached hydrogens (tertiary/aromatic N) is 1. The molecule has 118 valence electrons. The predicted molar refractivity (Wildman–Crippen MR) is 83.5 cm³/mol. The van der Waals surface area contributed by atoms with Gasteiger partial charge in [-0.15, -0.1) is 11.3 Å². The number of benzene rings is 1. The molecular formula is C15H18FN3O2S. The predicted octanol–water partition coefficient (Wildman–Crippen LogP) is 2.33. The molecule has 2 aromatic rings. The topological polar surface area (TPSA) is 77.2 Å². The molecule has 0 aliphatic rings. The zero-order valence-corrected chi connectivity index (χ0v) is 12.9. The Morgan fingerprint density at radius 1 is 1.32 bits per heavy atom. The number of hydrogen-bond acceptors (Lipinski definition) is 5. The van der Waals surface area contributed by atoms with E-state index < -0.39 is 0 Å². The Labute approximate surface area is 132 Å². The van der Waals surface area contributed by atoms with Gasteiger partial charge in [-0.2, -0.15) is 0 Å². The molecule has 0 atom stereocenters. The molecule has 5 nitrogen and oxygen atoms in total. The van der Waals surface area contributed by atoms with Crippen molar-refractivity contribution in [2.24, 2.45) is 5.73 Å². The Morgan fingerprint density at radius 2 is 2.09 bits per heavy atom. The fraction of sp³-hybridized carbons (Fsp3) is 0.333. The summed E-state index contributed by atoms with van der Waals surface area (Å²) in [6.45, 7) is 1.43. The summed E-state index contributed by atoms with van der Waals surface area (Å²) in [6, 6.07) is 5.90. The van der Waals surface area contributed by atoms with E-state index in [0.29, 0.717) is 31.1 Å². The molecular weight excluding hydrogens is 305 g/mol. The van der Waals surface area contributed by atoms with Crippen LogP contribution in [-0.4, -0.2) is 24.0 Å². The number of ether oxygens (including phenoxy) is 1. The summed E-state index contributed by atoms with van der Waals surface area (Å²) in [5.74, 6) is 0.174. The number of thiazole rings is 1. The molecule has 1 heterocycles. The number of carbonyl (C=O) groups excluding carboxylic acids is 1. The van der Waals surface area contributed by atoms with Crippen molar-refractivity contribution in [2.75, 3.05) is 13.2 Å². The Kier molecular flexibility index (Phi) is 6.29. The Balaban J connectivity index is 1.59. The first-order chi connectivity index (χ1) is 10.7. The second-order valence-electron chi connectivity index (χ2n) is 4.60. The molecule has 3 N–H and O–H groups in total. The maximum Gasteiger partial charge on any atom is 0.270 e. The summed E-state index contributed by atoms with van der Waals surface area (Å²) in [4.78, 5) is 15.9. The normalized spacial score (nSPS) is 10.5. The average Bonchev–Trinajstić information content (AvgIpc) is 3.01. The first kappa shape index (κ1) is 16.4. The van der Waals surface area contributed by atoms with E-state index in [1.807, 2.05) is 0 Å². The molecule has 0 saturated carbocycles. The van der Waals surface area contributed by atoms with E-state index in [-0.39, 0.29) is 11.7 Å². The standard InChI is InChI=1S/C15H18FN3O2S/c16-11-3-5-12(6-4-11)21-8-2-1-7-18-15(20)13-10-22-14(9-17)19-13/h3-6,10H,1-2,7-9,17H2,(H,18,20). The van der Waals surface area contributed by atoms with Crippen molar-refractivity contribution in [3.05, 3.63) is 46.2 Å². The number of aromatic nitrogens is 1. The number of halogens is 1. The van der Waals surface area contributed by atoms with Gasteiger partial charge in [0.15, 0.2) is 0 Å². The SMILES string of the molecule is NCc1nc(C(=O)NCCCCOc2ccc(F)cc2)cs1. The van der Waals surface area contributed by atoms with Crippen LogP contribution in [-0.2, 0) is 6.54 Å². The van der Waals surface area contributed by atoms with Gasteiger partial charge in [0.25, 0.3) is 5.91 Å². The van der Waals surface area contributed by atoms with Crippen LogP contribution in [0, 0.1) is 5.82 Å². The van der Waals surface area contributed by atoms with Crippen molar-refractivity contribution in [1.29, 1.82) is 0 Å². The lowest BCUT2D eigenvalue weighted by molar-refractivity contribution is 0.0948. The van der Waals surface area contributed by atoms with E-state index >= 15 is 0 Å². The van der Waals surface area contributed by atoms with Crippen LogP contribution in [0.25, 0.3) is 0 Å². The van der Waals surface area contributed by atoms with Crippen LogP contribution in [0.2, 0.25) is 0 Å². The highest BCUT2D eigenvalue weighted by atomic mass is 32.1. The van der Waals surface area contributed by atoms with Gasteiger partial charge >= 0.3 is 0 Å². The van der Waals surface area contributed by atoms with Crippen LogP contribution in [0.4, 0.5) is 4.39 Å². The van der Waals surface area contributed by atoms with E-state index in [2.05, 4.69) is 10.3 Å². The smallest absolute Gasteiger partial charge is 0.270 e. The van der Waals surface area contributed by atoms with E-state index in [1.165, 1.54) is 23.5 Å². The van der Waals surface area contributed by atoms with Gasteiger partial charge in [0, 0.05) is 18.5 Å². The molecule has 0 unspecified atom stereocenters. The lowest BCUT2D eigenvalue weighted by Gasteiger charge is -2.06. The minimum atomic E-state index is -0.283. The quantitative estimate of drug-likeness (QED) is 0.731. The third kappa shape index (κ3) is 5.09. The highest BCUT2D eigenvalue weighted by Crippen LogP contribution is 2.11. The minimum absolute atomic E-state index is 0.185. The highest BCUT2D eigenvalue weighted by Gasteiger charge is 2.09. The minimum Gasteiger partial charge on any atom is -0.494 e. The first-order valence-electron chi connectivity index (χ1n) is 7.00. The molecule has 0 saturated heterocycles. The van der Waals surface area contributed by atoms with Crippen molar-refractivity contribution in [3.63, 3.8) is 0 Å². The number of nitrogens with two attached hydrogens (primary N) is 1. The van der Waals surface area contributed by atoms with Gasteiger partial charge in [-0.25, -0.2) is 9.37 Å². The summed E-state index contributed by atoms with van der Waals surface area (Å²) in [6.07, 6.45) is 1.59. The second kappa shape index (κ2) is 8.45. The Hall–Kier alpha value is -1.99. The summed E-state index contributed by atoms with van der Waals surface area (Å²) in [5.41, 5.74) is 5.87. The maximum atomic E-state index is 12.7. The summed E-state index contributed by atoms with van der Waals surface area (Å²) in [5, 5.41) is 5.25. The molecule has 2 rings (SSSR count). The summed E-state index contributed by atoms with van der Waals surface area (Å²) >= 11 is 1.38. The van der Waals surface area contributed by atoms with Crippen molar-refractivity contribution >= 4 is 17.2 Å². The number of nitrogens with one attached hydrogen (secondary N) is 1.